The molecule has 0 atom stereocenters. The molecule has 2 N–H and O–H groups in total. The van der Waals surface area contributed by atoms with Gasteiger partial charge in [-0.3, -0.25) is 9.48 Å². The minimum absolute atomic E-state index is 0.0155. The number of nitrogens with one attached hydrogen (secondary N) is 2. The molecule has 0 saturated carbocycles. The van der Waals surface area contributed by atoms with Crippen LogP contribution in [0.3, 0.4) is 0 Å². The van der Waals surface area contributed by atoms with E-state index in [1.807, 2.05) is 16.9 Å². The molecule has 15 heavy (non-hydrogen) atoms. The van der Waals surface area contributed by atoms with E-state index in [1.54, 1.807) is 7.05 Å². The number of likely N-dealkylation sites (N-methyl/N-ethyl adjacent to an activating group) is 1. The summed E-state index contributed by atoms with van der Waals surface area (Å²) < 4.78 is 1.90. The van der Waals surface area contributed by atoms with Gasteiger partial charge in [0.25, 0.3) is 0 Å². The maximum atomic E-state index is 10.9. The van der Waals surface area contributed by atoms with Gasteiger partial charge < -0.3 is 10.6 Å². The molecule has 1 aromatic rings. The molecule has 5 heteroatoms. The molecule has 0 aliphatic heterocycles. The van der Waals surface area contributed by atoms with Crippen molar-refractivity contribution in [3.63, 3.8) is 0 Å². The van der Waals surface area contributed by atoms with Gasteiger partial charge in [0.1, 0.15) is 0 Å². The Balaban J connectivity index is 2.34. The fourth-order valence-corrected chi connectivity index (χ4v) is 1.15. The smallest absolute Gasteiger partial charge is 0.233 e. The van der Waals surface area contributed by atoms with Gasteiger partial charge in [0, 0.05) is 25.8 Å². The average Bonchev–Trinajstić information content (AvgIpc) is 2.66. The van der Waals surface area contributed by atoms with Crippen molar-refractivity contribution in [2.45, 2.75) is 26.4 Å². The van der Waals surface area contributed by atoms with Gasteiger partial charge in [-0.15, -0.1) is 0 Å². The quantitative estimate of drug-likeness (QED) is 0.735. The van der Waals surface area contributed by atoms with E-state index < -0.39 is 0 Å². The van der Waals surface area contributed by atoms with Gasteiger partial charge in [-0.2, -0.15) is 5.10 Å². The summed E-state index contributed by atoms with van der Waals surface area (Å²) in [5.41, 5.74) is 0.951. The van der Waals surface area contributed by atoms with Crippen molar-refractivity contribution in [2.24, 2.45) is 0 Å². The van der Waals surface area contributed by atoms with Crippen molar-refractivity contribution in [2.75, 3.05) is 13.6 Å². The Hall–Kier alpha value is -1.36. The van der Waals surface area contributed by atoms with Crippen molar-refractivity contribution in [1.29, 1.82) is 0 Å². The second-order valence-corrected chi connectivity index (χ2v) is 3.66. The minimum atomic E-state index is -0.0155. The van der Waals surface area contributed by atoms with E-state index in [1.165, 1.54) is 0 Å². The predicted octanol–water partition coefficient (Wildman–Crippen LogP) is 0.300. The van der Waals surface area contributed by atoms with E-state index in [2.05, 4.69) is 29.6 Å². The van der Waals surface area contributed by atoms with E-state index in [9.17, 15) is 4.79 Å². The highest BCUT2D eigenvalue weighted by Gasteiger charge is 2.02. The number of carbonyl (C=O) groups is 1. The van der Waals surface area contributed by atoms with Crippen molar-refractivity contribution >= 4 is 5.91 Å². The Kier molecular flexibility index (Phi) is 4.30. The van der Waals surface area contributed by atoms with E-state index in [0.717, 1.165) is 5.69 Å². The van der Waals surface area contributed by atoms with Crippen LogP contribution in [0.4, 0.5) is 0 Å². The molecular formula is C10H18N4O. The Morgan fingerprint density at radius 3 is 2.87 bits per heavy atom. The predicted molar refractivity (Wildman–Crippen MR) is 58.4 cm³/mol. The van der Waals surface area contributed by atoms with Gasteiger partial charge in [-0.25, -0.2) is 0 Å². The molecule has 0 spiro atoms. The first-order valence-electron chi connectivity index (χ1n) is 5.09. The molecule has 0 saturated heterocycles. The van der Waals surface area contributed by atoms with Crippen LogP contribution in [0.2, 0.25) is 0 Å². The highest BCUT2D eigenvalue weighted by atomic mass is 16.1. The molecule has 1 heterocycles. The third-order valence-electron chi connectivity index (χ3n) is 2.06. The molecule has 0 bridgehead atoms. The number of aromatic nitrogens is 2. The molecule has 1 amide bonds. The largest absolute Gasteiger partial charge is 0.358 e. The Morgan fingerprint density at radius 1 is 1.60 bits per heavy atom. The molecule has 0 radical (unpaired) electrons. The lowest BCUT2D eigenvalue weighted by atomic mass is 10.4. The molecule has 0 aliphatic carbocycles. The summed E-state index contributed by atoms with van der Waals surface area (Å²) in [5.74, 6) is -0.0155. The third kappa shape index (κ3) is 3.71. The summed E-state index contributed by atoms with van der Waals surface area (Å²) in [6.45, 7) is 5.10. The molecule has 84 valence electrons. The van der Waals surface area contributed by atoms with E-state index in [-0.39, 0.29) is 5.91 Å². The lowest BCUT2D eigenvalue weighted by Crippen LogP contribution is -2.31. The number of nitrogens with zero attached hydrogens (tertiary/aromatic N) is 2. The van der Waals surface area contributed by atoms with E-state index >= 15 is 0 Å². The topological polar surface area (TPSA) is 59.0 Å². The van der Waals surface area contributed by atoms with Crippen LogP contribution in [-0.2, 0) is 11.3 Å². The summed E-state index contributed by atoms with van der Waals surface area (Å²) in [4.78, 5) is 10.9. The third-order valence-corrected chi connectivity index (χ3v) is 2.06. The standard InChI is InChI=1S/C10H18N4O/c1-8(2)14-5-4-9(13-14)6-12-7-10(15)11-3/h4-5,8,12H,6-7H2,1-3H3,(H,11,15). The fourth-order valence-electron chi connectivity index (χ4n) is 1.15. The van der Waals surface area contributed by atoms with Crippen LogP contribution in [0.1, 0.15) is 25.6 Å². The van der Waals surface area contributed by atoms with Gasteiger partial charge in [-0.1, -0.05) is 0 Å². The van der Waals surface area contributed by atoms with Gasteiger partial charge >= 0.3 is 0 Å². The summed E-state index contributed by atoms with van der Waals surface area (Å²) >= 11 is 0. The average molecular weight is 210 g/mol. The molecule has 0 unspecified atom stereocenters. The van der Waals surface area contributed by atoms with E-state index in [0.29, 0.717) is 19.1 Å². The number of hydrogen-bond acceptors (Lipinski definition) is 3. The number of amides is 1. The first-order chi connectivity index (χ1) is 7.13. The molecule has 0 aromatic carbocycles. The second kappa shape index (κ2) is 5.50. The second-order valence-electron chi connectivity index (χ2n) is 3.66. The van der Waals surface area contributed by atoms with Crippen molar-refractivity contribution < 1.29 is 4.79 Å². The molecule has 1 rings (SSSR count). The number of hydrogen-bond donors (Lipinski definition) is 2. The van der Waals surface area contributed by atoms with Crippen molar-refractivity contribution in [1.82, 2.24) is 20.4 Å². The summed E-state index contributed by atoms with van der Waals surface area (Å²) in [5, 5.41) is 9.92. The first kappa shape index (κ1) is 11.7. The Bertz CT molecular complexity index is 319. The van der Waals surface area contributed by atoms with Gasteiger partial charge in [-0.05, 0) is 19.9 Å². The molecule has 5 nitrogen and oxygen atoms in total. The Labute approximate surface area is 89.9 Å². The zero-order valence-electron chi connectivity index (χ0n) is 9.45. The molecular weight excluding hydrogens is 192 g/mol. The maximum absolute atomic E-state index is 10.9. The highest BCUT2D eigenvalue weighted by molar-refractivity contribution is 5.77. The summed E-state index contributed by atoms with van der Waals surface area (Å²) in [6.07, 6.45) is 1.95. The van der Waals surface area contributed by atoms with Gasteiger partial charge in [0.05, 0.1) is 12.2 Å². The van der Waals surface area contributed by atoms with Crippen LogP contribution in [-0.4, -0.2) is 29.3 Å². The zero-order chi connectivity index (χ0) is 11.3. The number of carbonyl (C=O) groups excluding carboxylic acids is 1. The minimum Gasteiger partial charge on any atom is -0.358 e. The normalized spacial score (nSPS) is 10.7. The molecule has 0 aliphatic rings. The zero-order valence-corrected chi connectivity index (χ0v) is 9.45. The molecule has 1 aromatic heterocycles. The lowest BCUT2D eigenvalue weighted by Gasteiger charge is -2.04. The first-order valence-corrected chi connectivity index (χ1v) is 5.09. The summed E-state index contributed by atoms with van der Waals surface area (Å²) in [6, 6.07) is 2.33. The van der Waals surface area contributed by atoms with Crippen LogP contribution >= 0.6 is 0 Å². The van der Waals surface area contributed by atoms with Gasteiger partial charge in [0.15, 0.2) is 0 Å². The van der Waals surface area contributed by atoms with Crippen LogP contribution < -0.4 is 10.6 Å². The molecule has 0 fully saturated rings. The van der Waals surface area contributed by atoms with Crippen LogP contribution in [0.25, 0.3) is 0 Å². The SMILES string of the molecule is CNC(=O)CNCc1ccn(C(C)C)n1. The maximum Gasteiger partial charge on any atom is 0.233 e. The lowest BCUT2D eigenvalue weighted by molar-refractivity contribution is -0.119. The summed E-state index contributed by atoms with van der Waals surface area (Å²) in [7, 11) is 1.62. The highest BCUT2D eigenvalue weighted by Crippen LogP contribution is 2.03. The van der Waals surface area contributed by atoms with Crippen molar-refractivity contribution in [3.05, 3.63) is 18.0 Å². The van der Waals surface area contributed by atoms with Crippen LogP contribution in [0, 0.1) is 0 Å². The van der Waals surface area contributed by atoms with Crippen LogP contribution in [0.15, 0.2) is 12.3 Å². The van der Waals surface area contributed by atoms with Crippen LogP contribution in [0.5, 0.6) is 0 Å². The van der Waals surface area contributed by atoms with Crippen molar-refractivity contribution in [3.8, 4) is 0 Å². The fraction of sp³-hybridized carbons (Fsp3) is 0.600. The monoisotopic (exact) mass is 210 g/mol. The van der Waals surface area contributed by atoms with Gasteiger partial charge in [0.2, 0.25) is 5.91 Å². The number of rotatable bonds is 5. The van der Waals surface area contributed by atoms with E-state index in [4.69, 9.17) is 0 Å². The Morgan fingerprint density at radius 2 is 2.33 bits per heavy atom.